The van der Waals surface area contributed by atoms with E-state index in [2.05, 4.69) is 23.8 Å². The molecule has 1 unspecified atom stereocenters. The largest absolute Gasteiger partial charge is 0.335 e. The van der Waals surface area contributed by atoms with E-state index in [4.69, 9.17) is 0 Å². The molecule has 1 aromatic rings. The van der Waals surface area contributed by atoms with Gasteiger partial charge in [0.2, 0.25) is 0 Å². The van der Waals surface area contributed by atoms with Crippen LogP contribution in [0, 0.1) is 0 Å². The Bertz CT molecular complexity index is 370. The maximum absolute atomic E-state index is 4.43. The summed E-state index contributed by atoms with van der Waals surface area (Å²) in [6.07, 6.45) is 0. The Kier molecular flexibility index (Phi) is 2.59. The zero-order valence-corrected chi connectivity index (χ0v) is 8.84. The Labute approximate surface area is 88.1 Å². The molecule has 1 aliphatic heterocycles. The van der Waals surface area contributed by atoms with Crippen LogP contribution in [0.25, 0.3) is 0 Å². The van der Waals surface area contributed by atoms with Crippen LogP contribution < -0.4 is 5.32 Å². The molecule has 0 spiro atoms. The highest BCUT2D eigenvalue weighted by Gasteiger charge is 2.17. The molecule has 1 N–H and O–H groups in total. The first-order chi connectivity index (χ1) is 6.75. The number of amidine groups is 1. The van der Waals surface area contributed by atoms with E-state index in [0.717, 1.165) is 15.8 Å². The van der Waals surface area contributed by atoms with Gasteiger partial charge in [-0.1, -0.05) is 36.5 Å². The van der Waals surface area contributed by atoms with E-state index in [0.29, 0.717) is 0 Å². The Morgan fingerprint density at radius 2 is 2.07 bits per heavy atom. The Morgan fingerprint density at radius 1 is 1.36 bits per heavy atom. The molecule has 0 saturated heterocycles. The van der Waals surface area contributed by atoms with Crippen molar-refractivity contribution in [2.24, 2.45) is 4.99 Å². The third-order valence-electron chi connectivity index (χ3n) is 2.03. The van der Waals surface area contributed by atoms with Crippen LogP contribution in [-0.4, -0.2) is 11.2 Å². The molecule has 1 atom stereocenters. The minimum absolute atomic E-state index is 0.228. The van der Waals surface area contributed by atoms with Crippen molar-refractivity contribution in [2.75, 3.05) is 5.32 Å². The molecule has 0 aliphatic carbocycles. The summed E-state index contributed by atoms with van der Waals surface area (Å²) >= 11 is 1.61. The summed E-state index contributed by atoms with van der Waals surface area (Å²) < 4.78 is 0. The van der Waals surface area contributed by atoms with Gasteiger partial charge in [-0.3, -0.25) is 4.99 Å². The molecule has 0 radical (unpaired) electrons. The van der Waals surface area contributed by atoms with Crippen LogP contribution in [0.15, 0.2) is 46.8 Å². The summed E-state index contributed by atoms with van der Waals surface area (Å²) in [6, 6.07) is 10.3. The van der Waals surface area contributed by atoms with E-state index in [9.17, 15) is 0 Å². The lowest BCUT2D eigenvalue weighted by Gasteiger charge is -2.03. The monoisotopic (exact) mass is 204 g/mol. The summed E-state index contributed by atoms with van der Waals surface area (Å²) in [6.45, 7) is 5.99. The molecule has 0 bridgehead atoms. The van der Waals surface area contributed by atoms with Gasteiger partial charge in [0, 0.05) is 10.6 Å². The number of para-hydroxylation sites is 1. The van der Waals surface area contributed by atoms with Crippen molar-refractivity contribution >= 4 is 22.6 Å². The first kappa shape index (κ1) is 9.34. The van der Waals surface area contributed by atoms with Crippen molar-refractivity contribution in [1.82, 2.24) is 0 Å². The number of rotatable bonds is 1. The van der Waals surface area contributed by atoms with E-state index in [-0.39, 0.29) is 6.04 Å². The minimum Gasteiger partial charge on any atom is -0.335 e. The van der Waals surface area contributed by atoms with Crippen molar-refractivity contribution in [3.63, 3.8) is 0 Å². The molecule has 0 fully saturated rings. The van der Waals surface area contributed by atoms with Crippen molar-refractivity contribution in [3.8, 4) is 0 Å². The van der Waals surface area contributed by atoms with Gasteiger partial charge in [-0.25, -0.2) is 0 Å². The van der Waals surface area contributed by atoms with Crippen LogP contribution in [0.3, 0.4) is 0 Å². The van der Waals surface area contributed by atoms with Gasteiger partial charge in [0.1, 0.15) is 0 Å². The van der Waals surface area contributed by atoms with Gasteiger partial charge < -0.3 is 5.32 Å². The number of hydrogen-bond acceptors (Lipinski definition) is 3. The molecule has 0 saturated carbocycles. The molecule has 2 nitrogen and oxygen atoms in total. The lowest BCUT2D eigenvalue weighted by molar-refractivity contribution is 0.929. The van der Waals surface area contributed by atoms with Crippen molar-refractivity contribution in [2.45, 2.75) is 13.0 Å². The van der Waals surface area contributed by atoms with Crippen molar-refractivity contribution in [1.29, 1.82) is 0 Å². The first-order valence-corrected chi connectivity index (χ1v) is 5.34. The van der Waals surface area contributed by atoms with Gasteiger partial charge in [0.15, 0.2) is 5.17 Å². The highest BCUT2D eigenvalue weighted by Crippen LogP contribution is 2.29. The van der Waals surface area contributed by atoms with Gasteiger partial charge in [-0.2, -0.15) is 0 Å². The highest BCUT2D eigenvalue weighted by molar-refractivity contribution is 8.17. The Hall–Kier alpha value is -1.22. The van der Waals surface area contributed by atoms with Gasteiger partial charge in [-0.05, 0) is 19.1 Å². The average Bonchev–Trinajstić information content (AvgIpc) is 2.47. The van der Waals surface area contributed by atoms with Crippen LogP contribution in [0.4, 0.5) is 5.69 Å². The average molecular weight is 204 g/mol. The summed E-state index contributed by atoms with van der Waals surface area (Å²) in [5, 5.41) is 4.19. The number of benzene rings is 1. The fourth-order valence-electron chi connectivity index (χ4n) is 1.19. The number of aliphatic imine (C=N–C) groups is 1. The second-order valence-corrected chi connectivity index (χ2v) is 4.28. The molecular formula is C11H12N2S. The molecule has 1 aromatic carbocycles. The number of thioether (sulfide) groups is 1. The van der Waals surface area contributed by atoms with Crippen LogP contribution in [0.2, 0.25) is 0 Å². The molecule has 1 heterocycles. The SMILES string of the molecule is C=C1SC(Nc2ccccc2)=NC1C. The van der Waals surface area contributed by atoms with Crippen LogP contribution >= 0.6 is 11.8 Å². The number of anilines is 1. The second-order valence-electron chi connectivity index (χ2n) is 3.17. The fraction of sp³-hybridized carbons (Fsp3) is 0.182. The van der Waals surface area contributed by atoms with Crippen molar-refractivity contribution < 1.29 is 0 Å². The standard InChI is InChI=1S/C11H12N2S/c1-8-9(2)14-11(12-8)13-10-6-4-3-5-7-10/h3-8H,2H2,1H3,(H,12,13). The normalized spacial score (nSPS) is 20.8. The molecule has 2 rings (SSSR count). The molecule has 72 valence electrons. The third kappa shape index (κ3) is 1.99. The first-order valence-electron chi connectivity index (χ1n) is 4.52. The van der Waals surface area contributed by atoms with Gasteiger partial charge in [-0.15, -0.1) is 0 Å². The summed E-state index contributed by atoms with van der Waals surface area (Å²) in [4.78, 5) is 5.53. The van der Waals surface area contributed by atoms with Gasteiger partial charge in [0.25, 0.3) is 0 Å². The number of nitrogens with one attached hydrogen (secondary N) is 1. The second kappa shape index (κ2) is 3.88. The molecular weight excluding hydrogens is 192 g/mol. The number of hydrogen-bond donors (Lipinski definition) is 1. The Morgan fingerprint density at radius 3 is 2.64 bits per heavy atom. The summed E-state index contributed by atoms with van der Waals surface area (Å²) in [5.41, 5.74) is 1.07. The van der Waals surface area contributed by atoms with Gasteiger partial charge in [0.05, 0.1) is 6.04 Å². The van der Waals surface area contributed by atoms with E-state index in [1.54, 1.807) is 11.8 Å². The smallest absolute Gasteiger partial charge is 0.166 e. The number of nitrogens with zero attached hydrogens (tertiary/aromatic N) is 1. The van der Waals surface area contributed by atoms with Crippen molar-refractivity contribution in [3.05, 3.63) is 41.8 Å². The molecule has 3 heteroatoms. The maximum atomic E-state index is 4.43. The minimum atomic E-state index is 0.228. The van der Waals surface area contributed by atoms with Crippen LogP contribution in [0.5, 0.6) is 0 Å². The zero-order valence-electron chi connectivity index (χ0n) is 8.03. The highest BCUT2D eigenvalue weighted by atomic mass is 32.2. The van der Waals surface area contributed by atoms with Crippen LogP contribution in [0.1, 0.15) is 6.92 Å². The summed E-state index contributed by atoms with van der Waals surface area (Å²) in [7, 11) is 0. The van der Waals surface area contributed by atoms with E-state index in [1.807, 2.05) is 30.3 Å². The zero-order chi connectivity index (χ0) is 9.97. The molecule has 0 aromatic heterocycles. The maximum Gasteiger partial charge on any atom is 0.166 e. The lowest BCUT2D eigenvalue weighted by Crippen LogP contribution is -2.04. The third-order valence-corrected chi connectivity index (χ3v) is 3.03. The van der Waals surface area contributed by atoms with E-state index >= 15 is 0 Å². The van der Waals surface area contributed by atoms with Crippen LogP contribution in [-0.2, 0) is 0 Å². The quantitative estimate of drug-likeness (QED) is 0.760. The van der Waals surface area contributed by atoms with E-state index < -0.39 is 0 Å². The lowest BCUT2D eigenvalue weighted by atomic mass is 10.3. The summed E-state index contributed by atoms with van der Waals surface area (Å²) in [5.74, 6) is 0. The predicted octanol–water partition coefficient (Wildman–Crippen LogP) is 3.10. The Balaban J connectivity index is 2.07. The molecule has 1 aliphatic rings. The van der Waals surface area contributed by atoms with E-state index in [1.165, 1.54) is 0 Å². The molecule has 14 heavy (non-hydrogen) atoms. The predicted molar refractivity (Wildman–Crippen MR) is 63.7 cm³/mol. The van der Waals surface area contributed by atoms with Gasteiger partial charge >= 0.3 is 0 Å². The fourth-order valence-corrected chi connectivity index (χ4v) is 2.04. The molecule has 0 amide bonds. The topological polar surface area (TPSA) is 24.4 Å².